The van der Waals surface area contributed by atoms with E-state index < -0.39 is 17.4 Å². The second-order valence-corrected chi connectivity index (χ2v) is 5.84. The van der Waals surface area contributed by atoms with Gasteiger partial charge in [-0.15, -0.1) is 0 Å². The van der Waals surface area contributed by atoms with E-state index >= 15 is 0 Å². The third-order valence-corrected chi connectivity index (χ3v) is 2.73. The van der Waals surface area contributed by atoms with Crippen LogP contribution in [0, 0.1) is 17.3 Å². The van der Waals surface area contributed by atoms with Gasteiger partial charge in [-0.2, -0.15) is 0 Å². The topological polar surface area (TPSA) is 74.6 Å². The van der Waals surface area contributed by atoms with Crippen LogP contribution in [0.15, 0.2) is 0 Å². The van der Waals surface area contributed by atoms with Gasteiger partial charge in [0.2, 0.25) is 0 Å². The van der Waals surface area contributed by atoms with Gasteiger partial charge in [-0.3, -0.25) is 9.59 Å². The Bertz CT molecular complexity index is 241. The Morgan fingerprint density at radius 1 is 0.882 bits per heavy atom. The molecule has 0 rings (SSSR count). The first-order valence-corrected chi connectivity index (χ1v) is 6.10. The lowest BCUT2D eigenvalue weighted by Gasteiger charge is -2.34. The van der Waals surface area contributed by atoms with Crippen LogP contribution >= 0.6 is 0 Å². The molecule has 0 amide bonds. The molecule has 0 spiro atoms. The Hall–Kier alpha value is -1.06. The quantitative estimate of drug-likeness (QED) is 0.688. The van der Waals surface area contributed by atoms with Crippen molar-refractivity contribution in [1.82, 2.24) is 0 Å². The number of carboxylic acid groups (broad SMARTS) is 2. The molecular formula is C13H24O4. The second-order valence-electron chi connectivity index (χ2n) is 5.84. The van der Waals surface area contributed by atoms with E-state index in [-0.39, 0.29) is 12.8 Å². The van der Waals surface area contributed by atoms with Gasteiger partial charge in [0.05, 0.1) is 12.8 Å². The van der Waals surface area contributed by atoms with Crippen LogP contribution in [0.2, 0.25) is 0 Å². The monoisotopic (exact) mass is 244 g/mol. The molecule has 0 aliphatic carbocycles. The van der Waals surface area contributed by atoms with E-state index in [9.17, 15) is 9.59 Å². The van der Waals surface area contributed by atoms with E-state index in [0.29, 0.717) is 24.7 Å². The van der Waals surface area contributed by atoms with Crippen LogP contribution in [-0.4, -0.2) is 22.2 Å². The molecule has 0 aromatic rings. The summed E-state index contributed by atoms with van der Waals surface area (Å²) in [6.45, 7) is 8.00. The van der Waals surface area contributed by atoms with Crippen molar-refractivity contribution in [3.05, 3.63) is 0 Å². The first-order valence-electron chi connectivity index (χ1n) is 6.10. The SMILES string of the molecule is CC(C)CC(CC(=O)O)(CC(=O)O)CC(C)C. The van der Waals surface area contributed by atoms with E-state index in [1.807, 2.05) is 27.7 Å². The predicted octanol–water partition coefficient (Wildman–Crippen LogP) is 3.01. The zero-order valence-electron chi connectivity index (χ0n) is 11.2. The lowest BCUT2D eigenvalue weighted by Crippen LogP contribution is -2.31. The van der Waals surface area contributed by atoms with Crippen LogP contribution in [0.5, 0.6) is 0 Å². The molecule has 0 saturated heterocycles. The molecule has 0 fully saturated rings. The molecule has 0 unspecified atom stereocenters. The van der Waals surface area contributed by atoms with E-state index in [0.717, 1.165) is 0 Å². The van der Waals surface area contributed by atoms with Gasteiger partial charge in [0, 0.05) is 0 Å². The molecule has 17 heavy (non-hydrogen) atoms. The molecule has 0 saturated carbocycles. The first-order chi connectivity index (χ1) is 7.67. The molecule has 0 atom stereocenters. The average molecular weight is 244 g/mol. The van der Waals surface area contributed by atoms with E-state index in [1.165, 1.54) is 0 Å². The van der Waals surface area contributed by atoms with Crippen molar-refractivity contribution >= 4 is 11.9 Å². The predicted molar refractivity (Wildman–Crippen MR) is 65.8 cm³/mol. The number of rotatable bonds is 8. The van der Waals surface area contributed by atoms with Gasteiger partial charge < -0.3 is 10.2 Å². The van der Waals surface area contributed by atoms with Gasteiger partial charge in [-0.1, -0.05) is 27.7 Å². The van der Waals surface area contributed by atoms with Crippen molar-refractivity contribution in [2.45, 2.75) is 53.4 Å². The van der Waals surface area contributed by atoms with E-state index in [1.54, 1.807) is 0 Å². The summed E-state index contributed by atoms with van der Waals surface area (Å²) in [7, 11) is 0. The minimum Gasteiger partial charge on any atom is -0.481 e. The van der Waals surface area contributed by atoms with Crippen molar-refractivity contribution < 1.29 is 19.8 Å². The molecular weight excluding hydrogens is 220 g/mol. The van der Waals surface area contributed by atoms with Crippen LogP contribution in [0.4, 0.5) is 0 Å². The second kappa shape index (κ2) is 6.62. The minimum absolute atomic E-state index is 0.0599. The molecule has 0 aliphatic rings. The summed E-state index contributed by atoms with van der Waals surface area (Å²) in [4.78, 5) is 21.9. The summed E-state index contributed by atoms with van der Waals surface area (Å²) in [6.07, 6.45) is 1.17. The summed E-state index contributed by atoms with van der Waals surface area (Å²) >= 11 is 0. The minimum atomic E-state index is -0.910. The Balaban J connectivity index is 5.02. The third-order valence-electron chi connectivity index (χ3n) is 2.73. The summed E-state index contributed by atoms with van der Waals surface area (Å²) in [5.41, 5.74) is -0.611. The van der Waals surface area contributed by atoms with Gasteiger partial charge in [0.25, 0.3) is 0 Å². The molecule has 0 radical (unpaired) electrons. The zero-order valence-corrected chi connectivity index (χ0v) is 11.2. The Labute approximate surface area is 103 Å². The van der Waals surface area contributed by atoms with Gasteiger partial charge in [0.1, 0.15) is 0 Å². The molecule has 4 heteroatoms. The van der Waals surface area contributed by atoms with Gasteiger partial charge in [-0.05, 0) is 30.1 Å². The van der Waals surface area contributed by atoms with Crippen molar-refractivity contribution in [3.63, 3.8) is 0 Å². The molecule has 0 bridgehead atoms. The highest BCUT2D eigenvalue weighted by Crippen LogP contribution is 2.40. The lowest BCUT2D eigenvalue weighted by atomic mass is 9.70. The van der Waals surface area contributed by atoms with Gasteiger partial charge >= 0.3 is 11.9 Å². The Morgan fingerprint density at radius 3 is 1.35 bits per heavy atom. The van der Waals surface area contributed by atoms with Crippen molar-refractivity contribution in [2.24, 2.45) is 17.3 Å². The van der Waals surface area contributed by atoms with E-state index in [4.69, 9.17) is 10.2 Å². The summed E-state index contributed by atoms with van der Waals surface area (Å²) < 4.78 is 0. The standard InChI is InChI=1S/C13H24O4/c1-9(2)5-13(6-10(3)4,7-11(14)15)8-12(16)17/h9-10H,5-8H2,1-4H3,(H,14,15)(H,16,17). The van der Waals surface area contributed by atoms with Gasteiger partial charge in [0.15, 0.2) is 0 Å². The number of carboxylic acids is 2. The van der Waals surface area contributed by atoms with Crippen LogP contribution in [-0.2, 0) is 9.59 Å². The normalized spacial score (nSPS) is 12.1. The maximum Gasteiger partial charge on any atom is 0.303 e. The highest BCUT2D eigenvalue weighted by atomic mass is 16.4. The number of aliphatic carboxylic acids is 2. The zero-order chi connectivity index (χ0) is 13.6. The molecule has 4 nitrogen and oxygen atoms in total. The first kappa shape index (κ1) is 15.9. The van der Waals surface area contributed by atoms with Gasteiger partial charge in [-0.25, -0.2) is 0 Å². The average Bonchev–Trinajstić information content (AvgIpc) is 1.95. The summed E-state index contributed by atoms with van der Waals surface area (Å²) in [6, 6.07) is 0. The summed E-state index contributed by atoms with van der Waals surface area (Å²) in [5.74, 6) is -1.22. The lowest BCUT2D eigenvalue weighted by molar-refractivity contribution is -0.144. The van der Waals surface area contributed by atoms with E-state index in [2.05, 4.69) is 0 Å². The number of hydrogen-bond donors (Lipinski definition) is 2. The third kappa shape index (κ3) is 6.97. The fraction of sp³-hybridized carbons (Fsp3) is 0.846. The molecule has 0 aromatic carbocycles. The largest absolute Gasteiger partial charge is 0.481 e. The molecule has 2 N–H and O–H groups in total. The Morgan fingerprint density at radius 2 is 1.18 bits per heavy atom. The highest BCUT2D eigenvalue weighted by Gasteiger charge is 2.36. The van der Waals surface area contributed by atoms with Crippen LogP contribution in [0.1, 0.15) is 53.4 Å². The van der Waals surface area contributed by atoms with Crippen molar-refractivity contribution in [2.75, 3.05) is 0 Å². The van der Waals surface area contributed by atoms with Crippen molar-refractivity contribution in [3.8, 4) is 0 Å². The maximum atomic E-state index is 11.0. The van der Waals surface area contributed by atoms with Crippen molar-refractivity contribution in [1.29, 1.82) is 0 Å². The fourth-order valence-electron chi connectivity index (χ4n) is 2.81. The van der Waals surface area contributed by atoms with Crippen LogP contribution < -0.4 is 0 Å². The highest BCUT2D eigenvalue weighted by molar-refractivity contribution is 5.72. The molecule has 0 heterocycles. The number of hydrogen-bond acceptors (Lipinski definition) is 2. The molecule has 0 aromatic heterocycles. The van der Waals surface area contributed by atoms with Crippen LogP contribution in [0.25, 0.3) is 0 Å². The Kier molecular flexibility index (Phi) is 6.21. The number of carbonyl (C=O) groups is 2. The van der Waals surface area contributed by atoms with Crippen LogP contribution in [0.3, 0.4) is 0 Å². The molecule has 0 aliphatic heterocycles. The smallest absolute Gasteiger partial charge is 0.303 e. The summed E-state index contributed by atoms with van der Waals surface area (Å²) in [5, 5.41) is 18.0. The maximum absolute atomic E-state index is 11.0. The molecule has 100 valence electrons. The fourth-order valence-corrected chi connectivity index (χ4v) is 2.81.